The van der Waals surface area contributed by atoms with Gasteiger partial charge < -0.3 is 9.47 Å². The highest BCUT2D eigenvalue weighted by Crippen LogP contribution is 2.24. The molecule has 1 rings (SSSR count). The predicted octanol–water partition coefficient (Wildman–Crippen LogP) is 2.51. The van der Waals surface area contributed by atoms with Crippen molar-refractivity contribution in [1.29, 1.82) is 0 Å². The summed E-state index contributed by atoms with van der Waals surface area (Å²) in [6, 6.07) is 5.36. The molecule has 0 radical (unpaired) electrons. The molecule has 0 aliphatic rings. The zero-order valence-corrected chi connectivity index (χ0v) is 8.10. The number of nitrogens with zero attached hydrogens (tertiary/aromatic N) is 3. The molecule has 0 aromatic heterocycles. The Balaban J connectivity index is 2.98. The van der Waals surface area contributed by atoms with Crippen molar-refractivity contribution in [3.8, 4) is 11.5 Å². The van der Waals surface area contributed by atoms with Crippen molar-refractivity contribution in [3.63, 3.8) is 0 Å². The average Bonchev–Trinajstić information content (AvgIpc) is 2.26. The molecule has 1 aromatic rings. The van der Waals surface area contributed by atoms with Crippen molar-refractivity contribution < 1.29 is 9.47 Å². The first-order valence-corrected chi connectivity index (χ1v) is 4.03. The van der Waals surface area contributed by atoms with E-state index < -0.39 is 0 Å². The molecule has 0 bridgehead atoms. The van der Waals surface area contributed by atoms with Crippen molar-refractivity contribution in [2.24, 2.45) is 5.11 Å². The Bertz CT molecular complexity index is 359. The highest BCUT2D eigenvalue weighted by atomic mass is 16.5. The molecule has 74 valence electrons. The summed E-state index contributed by atoms with van der Waals surface area (Å²) in [5.74, 6) is 1.38. The van der Waals surface area contributed by atoms with Gasteiger partial charge in [-0.05, 0) is 11.6 Å². The van der Waals surface area contributed by atoms with Crippen LogP contribution in [0.5, 0.6) is 11.5 Å². The van der Waals surface area contributed by atoms with Gasteiger partial charge in [0.1, 0.15) is 11.5 Å². The Hall–Kier alpha value is -1.87. The lowest BCUT2D eigenvalue weighted by Gasteiger charge is -2.07. The molecule has 0 unspecified atom stereocenters. The van der Waals surface area contributed by atoms with Crippen LogP contribution in [0.15, 0.2) is 23.3 Å². The van der Waals surface area contributed by atoms with Crippen LogP contribution in [-0.4, -0.2) is 14.2 Å². The second-order valence-corrected chi connectivity index (χ2v) is 2.57. The Morgan fingerprint density at radius 3 is 2.71 bits per heavy atom. The lowest BCUT2D eigenvalue weighted by atomic mass is 10.2. The van der Waals surface area contributed by atoms with E-state index in [-0.39, 0.29) is 6.54 Å². The Morgan fingerprint density at radius 1 is 1.36 bits per heavy atom. The molecule has 0 N–H and O–H groups in total. The van der Waals surface area contributed by atoms with Crippen molar-refractivity contribution in [2.45, 2.75) is 6.54 Å². The maximum absolute atomic E-state index is 8.18. The van der Waals surface area contributed by atoms with Crippen LogP contribution in [0.1, 0.15) is 5.56 Å². The zero-order chi connectivity index (χ0) is 10.4. The molecule has 1 aromatic carbocycles. The second kappa shape index (κ2) is 4.99. The molecule has 0 aliphatic carbocycles. The molecular weight excluding hydrogens is 182 g/mol. The van der Waals surface area contributed by atoms with Crippen molar-refractivity contribution in [1.82, 2.24) is 0 Å². The number of methoxy groups -OCH3 is 2. The Labute approximate surface area is 81.9 Å². The summed E-state index contributed by atoms with van der Waals surface area (Å²) >= 11 is 0. The minimum Gasteiger partial charge on any atom is -0.497 e. The predicted molar refractivity (Wildman–Crippen MR) is 52.4 cm³/mol. The van der Waals surface area contributed by atoms with Crippen LogP contribution < -0.4 is 9.47 Å². The fourth-order valence-electron chi connectivity index (χ4n) is 1.09. The van der Waals surface area contributed by atoms with Crippen LogP contribution in [0.4, 0.5) is 0 Å². The standard InChI is InChI=1S/C9H11N3O2/c1-13-8-4-3-7(6-11-12-10)9(5-8)14-2/h3-5H,6H2,1-2H3. The normalized spacial score (nSPS) is 9.00. The van der Waals surface area contributed by atoms with Gasteiger partial charge in [-0.25, -0.2) is 0 Å². The number of rotatable bonds is 4. The van der Waals surface area contributed by atoms with Gasteiger partial charge in [0.2, 0.25) is 0 Å². The summed E-state index contributed by atoms with van der Waals surface area (Å²) in [6.45, 7) is 0.281. The van der Waals surface area contributed by atoms with Crippen LogP contribution in [0, 0.1) is 0 Å². The molecule has 0 heterocycles. The van der Waals surface area contributed by atoms with Crippen LogP contribution in [0.25, 0.3) is 10.4 Å². The van der Waals surface area contributed by atoms with E-state index in [1.165, 1.54) is 0 Å². The van der Waals surface area contributed by atoms with Gasteiger partial charge in [-0.1, -0.05) is 11.2 Å². The minimum absolute atomic E-state index is 0.281. The van der Waals surface area contributed by atoms with Crippen molar-refractivity contribution >= 4 is 0 Å². The third-order valence-corrected chi connectivity index (χ3v) is 1.80. The molecule has 0 amide bonds. The molecule has 0 aliphatic heterocycles. The lowest BCUT2D eigenvalue weighted by molar-refractivity contribution is 0.391. The Kier molecular flexibility index (Phi) is 3.64. The molecule has 0 saturated heterocycles. The molecule has 5 nitrogen and oxygen atoms in total. The quantitative estimate of drug-likeness (QED) is 0.419. The third-order valence-electron chi connectivity index (χ3n) is 1.80. The van der Waals surface area contributed by atoms with E-state index in [9.17, 15) is 0 Å². The summed E-state index contributed by atoms with van der Waals surface area (Å²) in [4.78, 5) is 2.69. The van der Waals surface area contributed by atoms with Gasteiger partial charge in [0.05, 0.1) is 20.8 Å². The SMILES string of the molecule is COc1ccc(CN=[N+]=[N-])c(OC)c1. The maximum atomic E-state index is 8.18. The van der Waals surface area contributed by atoms with E-state index in [0.29, 0.717) is 11.5 Å². The van der Waals surface area contributed by atoms with Gasteiger partial charge in [0.25, 0.3) is 0 Å². The van der Waals surface area contributed by atoms with Gasteiger partial charge in [-0.2, -0.15) is 0 Å². The third kappa shape index (κ3) is 2.31. The molecular formula is C9H11N3O2. The average molecular weight is 193 g/mol. The van der Waals surface area contributed by atoms with Crippen LogP contribution in [-0.2, 0) is 6.54 Å². The second-order valence-electron chi connectivity index (χ2n) is 2.57. The monoisotopic (exact) mass is 193 g/mol. The van der Waals surface area contributed by atoms with Gasteiger partial charge in [0.15, 0.2) is 0 Å². The van der Waals surface area contributed by atoms with Crippen LogP contribution >= 0.6 is 0 Å². The summed E-state index contributed by atoms with van der Waals surface area (Å²) < 4.78 is 10.2. The lowest BCUT2D eigenvalue weighted by Crippen LogP contribution is -1.92. The summed E-state index contributed by atoms with van der Waals surface area (Å²) in [6.07, 6.45) is 0. The Morgan fingerprint density at radius 2 is 2.14 bits per heavy atom. The number of hydrogen-bond donors (Lipinski definition) is 0. The highest BCUT2D eigenvalue weighted by molar-refractivity contribution is 5.40. The smallest absolute Gasteiger partial charge is 0.125 e. The van der Waals surface area contributed by atoms with E-state index in [1.54, 1.807) is 26.4 Å². The fraction of sp³-hybridized carbons (Fsp3) is 0.333. The van der Waals surface area contributed by atoms with E-state index >= 15 is 0 Å². The molecule has 5 heteroatoms. The topological polar surface area (TPSA) is 67.2 Å². The summed E-state index contributed by atoms with van der Waals surface area (Å²) in [5.41, 5.74) is 9.02. The molecule has 0 saturated carbocycles. The number of benzene rings is 1. The molecule has 0 spiro atoms. The number of azide groups is 1. The highest BCUT2D eigenvalue weighted by Gasteiger charge is 2.03. The van der Waals surface area contributed by atoms with E-state index in [4.69, 9.17) is 15.0 Å². The summed E-state index contributed by atoms with van der Waals surface area (Å²) in [7, 11) is 3.15. The largest absolute Gasteiger partial charge is 0.497 e. The van der Waals surface area contributed by atoms with Crippen LogP contribution in [0.2, 0.25) is 0 Å². The van der Waals surface area contributed by atoms with E-state index in [1.807, 2.05) is 6.07 Å². The first-order valence-electron chi connectivity index (χ1n) is 4.03. The van der Waals surface area contributed by atoms with Crippen molar-refractivity contribution in [2.75, 3.05) is 14.2 Å². The van der Waals surface area contributed by atoms with Gasteiger partial charge in [-0.15, -0.1) is 0 Å². The number of ether oxygens (including phenoxy) is 2. The van der Waals surface area contributed by atoms with E-state index in [2.05, 4.69) is 10.0 Å². The molecule has 0 atom stereocenters. The van der Waals surface area contributed by atoms with Gasteiger partial charge in [-0.3, -0.25) is 0 Å². The first-order chi connectivity index (χ1) is 6.81. The summed E-state index contributed by atoms with van der Waals surface area (Å²) in [5, 5.41) is 3.47. The molecule has 14 heavy (non-hydrogen) atoms. The first kappa shape index (κ1) is 10.2. The van der Waals surface area contributed by atoms with Gasteiger partial charge >= 0.3 is 0 Å². The van der Waals surface area contributed by atoms with Crippen molar-refractivity contribution in [3.05, 3.63) is 34.2 Å². The van der Waals surface area contributed by atoms with Crippen LogP contribution in [0.3, 0.4) is 0 Å². The zero-order valence-electron chi connectivity index (χ0n) is 8.10. The number of hydrogen-bond acceptors (Lipinski definition) is 3. The van der Waals surface area contributed by atoms with E-state index in [0.717, 1.165) is 5.56 Å². The fourth-order valence-corrected chi connectivity index (χ4v) is 1.09. The molecule has 0 fully saturated rings. The maximum Gasteiger partial charge on any atom is 0.125 e. The van der Waals surface area contributed by atoms with Gasteiger partial charge in [0, 0.05) is 16.5 Å². The minimum atomic E-state index is 0.281.